The Morgan fingerprint density at radius 2 is 1.24 bits per heavy atom. The fourth-order valence-electron chi connectivity index (χ4n) is 3.69. The Morgan fingerprint density at radius 3 is 1.69 bits per heavy atom. The maximum Gasteiger partial charge on any atom is 0.143 e. The summed E-state index contributed by atoms with van der Waals surface area (Å²) in [5.41, 5.74) is 2.84. The van der Waals surface area contributed by atoms with Gasteiger partial charge >= 0.3 is 0 Å². The third-order valence-electron chi connectivity index (χ3n) is 5.60. The van der Waals surface area contributed by atoms with Gasteiger partial charge in [0.25, 0.3) is 0 Å². The van der Waals surface area contributed by atoms with E-state index in [2.05, 4.69) is 12.5 Å². The third kappa shape index (κ3) is 16.0. The summed E-state index contributed by atoms with van der Waals surface area (Å²) in [4.78, 5) is 0. The number of aliphatic hydroxyl groups is 1. The van der Waals surface area contributed by atoms with Crippen molar-refractivity contribution in [2.24, 2.45) is 5.84 Å². The molecule has 0 radical (unpaired) electrons. The van der Waals surface area contributed by atoms with Crippen LogP contribution in [0, 0.1) is 0 Å². The van der Waals surface area contributed by atoms with E-state index in [1.807, 2.05) is 11.8 Å². The van der Waals surface area contributed by atoms with Crippen molar-refractivity contribution in [2.45, 2.75) is 122 Å². The van der Waals surface area contributed by atoms with Crippen molar-refractivity contribution in [1.82, 2.24) is 15.7 Å². The van der Waals surface area contributed by atoms with E-state index in [1.165, 1.54) is 114 Å². The van der Waals surface area contributed by atoms with Crippen molar-refractivity contribution >= 4 is 11.8 Å². The Hall–Kier alpha value is -0.430. The highest BCUT2D eigenvalue weighted by molar-refractivity contribution is 7.99. The average molecular weight is 429 g/mol. The molecule has 0 saturated heterocycles. The Kier molecular flexibility index (Phi) is 17.9. The van der Waals surface area contributed by atoms with Crippen molar-refractivity contribution in [1.29, 1.82) is 0 Å². The van der Waals surface area contributed by atoms with Gasteiger partial charge in [-0.1, -0.05) is 103 Å². The molecule has 0 fully saturated rings. The Balaban J connectivity index is 1.69. The van der Waals surface area contributed by atoms with Crippen LogP contribution in [0.4, 0.5) is 0 Å². The first-order chi connectivity index (χ1) is 14.2. The zero-order valence-electron chi connectivity index (χ0n) is 19.0. The van der Waals surface area contributed by atoms with E-state index in [0.717, 1.165) is 12.2 Å². The summed E-state index contributed by atoms with van der Waals surface area (Å²) in [5, 5.41) is 13.0. The van der Waals surface area contributed by atoms with E-state index in [4.69, 9.17) is 5.84 Å². The highest BCUT2D eigenvalue weighted by Crippen LogP contribution is 2.15. The van der Waals surface area contributed by atoms with Crippen LogP contribution in [0.25, 0.3) is 0 Å². The van der Waals surface area contributed by atoms with Gasteiger partial charge < -0.3 is 5.11 Å². The molecule has 1 aliphatic heterocycles. The molecule has 1 rings (SSSR count). The van der Waals surface area contributed by atoms with Crippen LogP contribution in [0.3, 0.4) is 0 Å². The van der Waals surface area contributed by atoms with E-state index >= 15 is 0 Å². The minimum absolute atomic E-state index is 0.516. The fraction of sp³-hybridized carbons (Fsp3) is 0.913. The highest BCUT2D eigenvalue weighted by Gasteiger charge is 2.16. The number of hydrogen-bond donors (Lipinski definition) is 3. The molecule has 0 aromatic rings. The maximum atomic E-state index is 10.0. The first kappa shape index (κ1) is 26.6. The molecule has 1 atom stereocenters. The summed E-state index contributed by atoms with van der Waals surface area (Å²) in [5.74, 6) is 7.73. The van der Waals surface area contributed by atoms with Crippen molar-refractivity contribution in [3.05, 3.63) is 12.4 Å². The standard InChI is InChI=1S/C23H48N4OS/c1-2-3-4-5-6-7-8-9-10-11-12-13-14-15-16-17-21-29-22-18-23(28)26-19-20-27(24)25-26/h19-20,23,25,28H,2-18,21-22,24H2,1H3. The number of thioether (sulfide) groups is 1. The van der Waals surface area contributed by atoms with Gasteiger partial charge in [-0.25, -0.2) is 11.0 Å². The lowest BCUT2D eigenvalue weighted by Crippen LogP contribution is -2.47. The van der Waals surface area contributed by atoms with E-state index < -0.39 is 6.23 Å². The molecule has 0 aromatic carbocycles. The van der Waals surface area contributed by atoms with Crippen LogP contribution in [0.5, 0.6) is 0 Å². The van der Waals surface area contributed by atoms with Crippen LogP contribution in [0.15, 0.2) is 12.4 Å². The van der Waals surface area contributed by atoms with Crippen LogP contribution in [-0.2, 0) is 0 Å². The van der Waals surface area contributed by atoms with Gasteiger partial charge in [0, 0.05) is 12.6 Å². The van der Waals surface area contributed by atoms with Gasteiger partial charge in [0.2, 0.25) is 0 Å². The average Bonchev–Trinajstić information content (AvgIpc) is 3.16. The maximum absolute atomic E-state index is 10.0. The Bertz CT molecular complexity index is 384. The molecular formula is C23H48N4OS. The minimum atomic E-state index is -0.516. The predicted octanol–water partition coefficient (Wildman–Crippen LogP) is 6.07. The van der Waals surface area contributed by atoms with Crippen molar-refractivity contribution in [3.8, 4) is 0 Å². The molecular weight excluding hydrogens is 380 g/mol. The van der Waals surface area contributed by atoms with Crippen molar-refractivity contribution in [2.75, 3.05) is 11.5 Å². The molecule has 1 aliphatic rings. The third-order valence-corrected chi connectivity index (χ3v) is 6.70. The monoisotopic (exact) mass is 428 g/mol. The molecule has 6 heteroatoms. The summed E-state index contributed by atoms with van der Waals surface area (Å²) >= 11 is 1.94. The predicted molar refractivity (Wildman–Crippen MR) is 128 cm³/mol. The number of hydrazine groups is 3. The molecule has 0 saturated carbocycles. The number of rotatable bonds is 21. The minimum Gasteiger partial charge on any atom is -0.372 e. The van der Waals surface area contributed by atoms with Crippen LogP contribution < -0.4 is 11.4 Å². The molecule has 0 bridgehead atoms. The second-order valence-electron chi connectivity index (χ2n) is 8.40. The summed E-state index contributed by atoms with van der Waals surface area (Å²) in [6.45, 7) is 2.29. The normalized spacial score (nSPS) is 14.9. The topological polar surface area (TPSA) is 64.8 Å². The number of nitrogens with zero attached hydrogens (tertiary/aromatic N) is 2. The summed E-state index contributed by atoms with van der Waals surface area (Å²) in [6, 6.07) is 0. The molecule has 0 aliphatic carbocycles. The van der Waals surface area contributed by atoms with E-state index in [0.29, 0.717) is 0 Å². The highest BCUT2D eigenvalue weighted by atomic mass is 32.2. The SMILES string of the molecule is CCCCCCCCCCCCCCCCCCSCCC(O)N1C=CN(N)N1. The van der Waals surface area contributed by atoms with Crippen LogP contribution >= 0.6 is 11.8 Å². The largest absolute Gasteiger partial charge is 0.372 e. The smallest absolute Gasteiger partial charge is 0.143 e. The lowest BCUT2D eigenvalue weighted by atomic mass is 10.0. The lowest BCUT2D eigenvalue weighted by molar-refractivity contribution is -0.0279. The quantitative estimate of drug-likeness (QED) is 0.152. The second kappa shape index (κ2) is 19.5. The number of nitrogens with two attached hydrogens (primary N) is 1. The fourth-order valence-corrected chi connectivity index (χ4v) is 4.68. The van der Waals surface area contributed by atoms with Gasteiger partial charge in [0.15, 0.2) is 0 Å². The number of unbranched alkanes of at least 4 members (excludes halogenated alkanes) is 15. The Labute approximate surface area is 184 Å². The van der Waals surface area contributed by atoms with Gasteiger partial charge in [0.1, 0.15) is 6.23 Å². The molecule has 172 valence electrons. The number of aliphatic hydroxyl groups excluding tert-OH is 1. The van der Waals surface area contributed by atoms with Gasteiger partial charge in [-0.3, -0.25) is 5.01 Å². The van der Waals surface area contributed by atoms with Crippen LogP contribution in [0.1, 0.15) is 116 Å². The summed E-state index contributed by atoms with van der Waals surface area (Å²) in [7, 11) is 0. The Morgan fingerprint density at radius 1 is 0.759 bits per heavy atom. The number of hydrogen-bond acceptors (Lipinski definition) is 6. The van der Waals surface area contributed by atoms with Gasteiger partial charge in [0.05, 0.1) is 6.20 Å². The van der Waals surface area contributed by atoms with E-state index in [9.17, 15) is 5.11 Å². The lowest BCUT2D eigenvalue weighted by Gasteiger charge is -2.24. The van der Waals surface area contributed by atoms with Gasteiger partial charge in [-0.05, 0) is 17.9 Å². The van der Waals surface area contributed by atoms with E-state index in [-0.39, 0.29) is 0 Å². The molecule has 0 spiro atoms. The zero-order valence-corrected chi connectivity index (χ0v) is 19.8. The molecule has 4 N–H and O–H groups in total. The summed E-state index contributed by atoms with van der Waals surface area (Å²) in [6.07, 6.45) is 26.4. The molecule has 1 heterocycles. The molecule has 5 nitrogen and oxygen atoms in total. The molecule has 0 aromatic heterocycles. The first-order valence-electron chi connectivity index (χ1n) is 12.3. The van der Waals surface area contributed by atoms with Crippen LogP contribution in [0.2, 0.25) is 0 Å². The molecule has 1 unspecified atom stereocenters. The van der Waals surface area contributed by atoms with E-state index in [1.54, 1.807) is 17.4 Å². The van der Waals surface area contributed by atoms with Gasteiger partial charge in [-0.2, -0.15) is 11.8 Å². The van der Waals surface area contributed by atoms with Crippen molar-refractivity contribution in [3.63, 3.8) is 0 Å². The molecule has 0 amide bonds. The zero-order chi connectivity index (χ0) is 21.0. The molecule has 29 heavy (non-hydrogen) atoms. The van der Waals surface area contributed by atoms with Crippen LogP contribution in [-0.4, -0.2) is 33.0 Å². The first-order valence-corrected chi connectivity index (χ1v) is 13.4. The van der Waals surface area contributed by atoms with Crippen molar-refractivity contribution < 1.29 is 5.11 Å². The van der Waals surface area contributed by atoms with Gasteiger partial charge in [-0.15, -0.1) is 5.53 Å². The summed E-state index contributed by atoms with van der Waals surface area (Å²) < 4.78 is 0. The second-order valence-corrected chi connectivity index (χ2v) is 9.62. The number of nitrogens with one attached hydrogen (secondary N) is 1.